The quantitative estimate of drug-likeness (QED) is 0.204. The molecule has 50 heavy (non-hydrogen) atoms. The Morgan fingerprint density at radius 2 is 1.44 bits per heavy atom. The largest absolute Gasteiger partial charge is 0.480 e. The van der Waals surface area contributed by atoms with Gasteiger partial charge in [-0.1, -0.05) is 59.6 Å². The molecule has 2 aromatic carbocycles. The molecule has 0 radical (unpaired) electrons. The highest BCUT2D eigenvalue weighted by atomic mass is 35.5. The molecular formula is C37H39Cl2N7O4. The van der Waals surface area contributed by atoms with Crippen LogP contribution in [-0.4, -0.2) is 88.0 Å². The number of hydrogen-bond acceptors (Lipinski definition) is 9. The third kappa shape index (κ3) is 6.74. The molecule has 3 fully saturated rings. The van der Waals surface area contributed by atoms with Crippen molar-refractivity contribution in [2.75, 3.05) is 40.4 Å². The minimum absolute atomic E-state index is 0.122. The Bertz CT molecular complexity index is 1940. The molecule has 0 bridgehead atoms. The average molecular weight is 717 g/mol. The van der Waals surface area contributed by atoms with E-state index in [1.165, 1.54) is 0 Å². The van der Waals surface area contributed by atoms with Gasteiger partial charge in [-0.15, -0.1) is 0 Å². The fraction of sp³-hybridized carbons (Fsp3) is 0.405. The van der Waals surface area contributed by atoms with Crippen molar-refractivity contribution in [2.24, 2.45) is 5.41 Å². The summed E-state index contributed by atoms with van der Waals surface area (Å²) in [6.07, 6.45) is 7.35. The van der Waals surface area contributed by atoms with Crippen molar-refractivity contribution in [3.05, 3.63) is 70.2 Å². The Kier molecular flexibility index (Phi) is 9.65. The van der Waals surface area contributed by atoms with Crippen LogP contribution in [0.25, 0.3) is 33.6 Å². The minimum atomic E-state index is 0.122. The van der Waals surface area contributed by atoms with E-state index in [0.717, 1.165) is 68.0 Å². The first-order valence-corrected chi connectivity index (χ1v) is 17.6. The van der Waals surface area contributed by atoms with E-state index in [9.17, 15) is 9.59 Å². The highest BCUT2D eigenvalue weighted by Gasteiger charge is 2.52. The van der Waals surface area contributed by atoms with Crippen molar-refractivity contribution in [1.29, 1.82) is 0 Å². The predicted octanol–water partition coefficient (Wildman–Crippen LogP) is 5.86. The van der Waals surface area contributed by atoms with Gasteiger partial charge < -0.3 is 19.7 Å². The molecule has 3 aliphatic heterocycles. The fourth-order valence-corrected chi connectivity index (χ4v) is 8.01. The van der Waals surface area contributed by atoms with Gasteiger partial charge in [0.1, 0.15) is 11.4 Å². The van der Waals surface area contributed by atoms with Crippen LogP contribution in [0.3, 0.4) is 0 Å². The van der Waals surface area contributed by atoms with Crippen molar-refractivity contribution in [2.45, 2.75) is 51.6 Å². The van der Waals surface area contributed by atoms with Gasteiger partial charge in [0.25, 0.3) is 0 Å². The Morgan fingerprint density at radius 1 is 0.880 bits per heavy atom. The molecule has 0 saturated carbocycles. The molecule has 13 heteroatoms. The van der Waals surface area contributed by atoms with Gasteiger partial charge in [0.15, 0.2) is 0 Å². The van der Waals surface area contributed by atoms with E-state index >= 15 is 0 Å². The highest BCUT2D eigenvalue weighted by Crippen LogP contribution is 2.43. The molecule has 0 unspecified atom stereocenters. The standard InChI is InChI=1S/C37H39Cl2N7O4/c1-22(47)46-20-37(21-46)18-45(19-37)17-31-36(50-3)44-30(16-41-31)27-11-6-9-25(34(27)39)24-8-5-10-26(33(24)38)29-15-40-28(35(43-29)49-2)12-4-7-23-13-14-32(48)42-23/h5-6,8-11,15-16,23H,4,7,12-14,17-21H2,1-3H3,(H,42,48)/t23-/m0/s1. The number of hydrogen-bond donors (Lipinski definition) is 1. The lowest BCUT2D eigenvalue weighted by Gasteiger charge is -2.60. The third-order valence-electron chi connectivity index (χ3n) is 9.89. The molecule has 2 amide bonds. The van der Waals surface area contributed by atoms with Crippen LogP contribution in [0.2, 0.25) is 10.0 Å². The zero-order valence-corrected chi connectivity index (χ0v) is 29.9. The SMILES string of the molecule is COc1nc(-c2cccc(-c3cccc(-c4cnc(CN5CC6(C5)CN(C(C)=O)C6)c(OC)n4)c3Cl)c2Cl)cnc1CCC[C@H]1CCC(=O)N1. The van der Waals surface area contributed by atoms with Gasteiger partial charge >= 0.3 is 0 Å². The summed E-state index contributed by atoms with van der Waals surface area (Å²) in [6.45, 7) is 5.71. The van der Waals surface area contributed by atoms with E-state index in [-0.39, 0.29) is 23.3 Å². The number of nitrogens with one attached hydrogen (secondary N) is 1. The number of aryl methyl sites for hydroxylation is 1. The number of carbonyl (C=O) groups is 2. The van der Waals surface area contributed by atoms with E-state index in [1.54, 1.807) is 33.5 Å². The molecule has 2 aromatic heterocycles. The minimum Gasteiger partial charge on any atom is -0.480 e. The second-order valence-corrected chi connectivity index (χ2v) is 14.2. The maximum atomic E-state index is 11.6. The van der Waals surface area contributed by atoms with Crippen LogP contribution in [-0.2, 0) is 22.6 Å². The molecular weight excluding hydrogens is 677 g/mol. The van der Waals surface area contributed by atoms with Gasteiger partial charge in [-0.3, -0.25) is 24.5 Å². The first kappa shape index (κ1) is 34.1. The van der Waals surface area contributed by atoms with Gasteiger partial charge in [-0.25, -0.2) is 9.97 Å². The molecule has 1 atom stereocenters. The maximum Gasteiger partial charge on any atom is 0.237 e. The van der Waals surface area contributed by atoms with Crippen LogP contribution in [0.5, 0.6) is 11.8 Å². The lowest BCUT2D eigenvalue weighted by molar-refractivity contribution is -0.157. The highest BCUT2D eigenvalue weighted by molar-refractivity contribution is 6.39. The number of methoxy groups -OCH3 is 2. The first-order chi connectivity index (χ1) is 24.2. The lowest BCUT2D eigenvalue weighted by atomic mass is 9.73. The molecule has 4 aromatic rings. The molecule has 3 aliphatic rings. The van der Waals surface area contributed by atoms with Crippen LogP contribution in [0.1, 0.15) is 44.0 Å². The number of nitrogens with zero attached hydrogens (tertiary/aromatic N) is 6. The van der Waals surface area contributed by atoms with Crippen LogP contribution < -0.4 is 14.8 Å². The van der Waals surface area contributed by atoms with Gasteiger partial charge in [0, 0.05) is 79.8 Å². The van der Waals surface area contributed by atoms with E-state index in [1.807, 2.05) is 41.3 Å². The molecule has 260 valence electrons. The number of halogens is 2. The smallest absolute Gasteiger partial charge is 0.237 e. The number of carbonyl (C=O) groups excluding carboxylic acids is 2. The summed E-state index contributed by atoms with van der Waals surface area (Å²) in [4.78, 5) is 46.3. The molecule has 1 spiro atoms. The van der Waals surface area contributed by atoms with E-state index in [0.29, 0.717) is 63.7 Å². The number of ether oxygens (including phenoxy) is 2. The van der Waals surface area contributed by atoms with E-state index in [4.69, 9.17) is 47.6 Å². The molecule has 1 N–H and O–H groups in total. The molecule has 5 heterocycles. The third-order valence-corrected chi connectivity index (χ3v) is 10.7. The normalized spacial score (nSPS) is 18.1. The van der Waals surface area contributed by atoms with Crippen molar-refractivity contribution in [3.63, 3.8) is 0 Å². The molecule has 11 nitrogen and oxygen atoms in total. The summed E-state index contributed by atoms with van der Waals surface area (Å²) in [7, 11) is 3.18. The summed E-state index contributed by atoms with van der Waals surface area (Å²) in [5.41, 5.74) is 5.77. The monoisotopic (exact) mass is 715 g/mol. The fourth-order valence-electron chi connectivity index (χ4n) is 7.36. The van der Waals surface area contributed by atoms with Crippen LogP contribution in [0.4, 0.5) is 0 Å². The second-order valence-electron chi connectivity index (χ2n) is 13.5. The molecule has 3 saturated heterocycles. The maximum absolute atomic E-state index is 11.6. The van der Waals surface area contributed by atoms with E-state index in [2.05, 4.69) is 15.2 Å². The number of aromatic nitrogens is 4. The van der Waals surface area contributed by atoms with Gasteiger partial charge in [-0.2, -0.15) is 0 Å². The second kappa shape index (κ2) is 14.1. The summed E-state index contributed by atoms with van der Waals surface area (Å²) < 4.78 is 11.3. The Morgan fingerprint density at radius 3 is 1.98 bits per heavy atom. The summed E-state index contributed by atoms with van der Waals surface area (Å²) in [5.74, 6) is 1.16. The van der Waals surface area contributed by atoms with Crippen LogP contribution >= 0.6 is 23.2 Å². The van der Waals surface area contributed by atoms with Crippen molar-refractivity contribution >= 4 is 35.0 Å². The number of likely N-dealkylation sites (tertiary alicyclic amines) is 2. The topological polar surface area (TPSA) is 123 Å². The number of benzene rings is 2. The summed E-state index contributed by atoms with van der Waals surface area (Å²) in [5, 5.41) is 3.98. The zero-order chi connectivity index (χ0) is 35.0. The van der Waals surface area contributed by atoms with Crippen LogP contribution in [0.15, 0.2) is 48.8 Å². The molecule has 7 rings (SSSR count). The summed E-state index contributed by atoms with van der Waals surface area (Å²) in [6, 6.07) is 11.7. The van der Waals surface area contributed by atoms with Crippen molar-refractivity contribution < 1.29 is 19.1 Å². The molecule has 0 aliphatic carbocycles. The first-order valence-electron chi connectivity index (χ1n) is 16.8. The average Bonchev–Trinajstić information content (AvgIpc) is 3.50. The van der Waals surface area contributed by atoms with Crippen LogP contribution in [0, 0.1) is 5.41 Å². The summed E-state index contributed by atoms with van der Waals surface area (Å²) >= 11 is 14.2. The Hall–Kier alpha value is -4.32. The van der Waals surface area contributed by atoms with Crippen molar-refractivity contribution in [3.8, 4) is 45.4 Å². The predicted molar refractivity (Wildman–Crippen MR) is 191 cm³/mol. The van der Waals surface area contributed by atoms with Gasteiger partial charge in [0.05, 0.1) is 48.0 Å². The zero-order valence-electron chi connectivity index (χ0n) is 28.3. The Labute approximate surface area is 301 Å². The van der Waals surface area contributed by atoms with E-state index < -0.39 is 0 Å². The number of amides is 2. The van der Waals surface area contributed by atoms with Gasteiger partial charge in [0.2, 0.25) is 23.6 Å². The number of rotatable bonds is 11. The Balaban J connectivity index is 1.08. The van der Waals surface area contributed by atoms with Gasteiger partial charge in [-0.05, 0) is 25.7 Å². The van der Waals surface area contributed by atoms with Crippen molar-refractivity contribution in [1.82, 2.24) is 35.1 Å². The lowest BCUT2D eigenvalue weighted by Crippen LogP contribution is -2.72.